The van der Waals surface area contributed by atoms with Gasteiger partial charge in [0.1, 0.15) is 5.75 Å². The van der Waals surface area contributed by atoms with Crippen molar-refractivity contribution < 1.29 is 32.3 Å². The molecule has 2 aromatic rings. The number of amides is 3. The van der Waals surface area contributed by atoms with E-state index in [1.165, 1.54) is 24.3 Å². The standard InChI is InChI=1S/C21H21F3N4O4/c22-21(23,24)32-17-6-4-16(5-7-17)26-18(29)13-27-8-10-28(11-9-27)20(31)15-3-1-2-14(12-15)19(25)30/h1-7,12H,8-11,13H2,(H2,25,30)(H,26,29). The van der Waals surface area contributed by atoms with Crippen LogP contribution in [0.5, 0.6) is 5.75 Å². The number of nitrogens with one attached hydrogen (secondary N) is 1. The van der Waals surface area contributed by atoms with E-state index in [1.807, 2.05) is 4.90 Å². The van der Waals surface area contributed by atoms with E-state index in [0.29, 0.717) is 37.4 Å². The van der Waals surface area contributed by atoms with Gasteiger partial charge in [-0.1, -0.05) is 6.07 Å². The van der Waals surface area contributed by atoms with Gasteiger partial charge in [0, 0.05) is 43.0 Å². The van der Waals surface area contributed by atoms with E-state index in [1.54, 1.807) is 17.0 Å². The quantitative estimate of drug-likeness (QED) is 0.701. The van der Waals surface area contributed by atoms with Crippen molar-refractivity contribution in [2.45, 2.75) is 6.36 Å². The van der Waals surface area contributed by atoms with Gasteiger partial charge in [-0.2, -0.15) is 0 Å². The van der Waals surface area contributed by atoms with Gasteiger partial charge in [0.15, 0.2) is 0 Å². The Hall–Kier alpha value is -3.60. The highest BCUT2D eigenvalue weighted by atomic mass is 19.4. The highest BCUT2D eigenvalue weighted by Crippen LogP contribution is 2.24. The van der Waals surface area contributed by atoms with Gasteiger partial charge in [-0.15, -0.1) is 13.2 Å². The number of carbonyl (C=O) groups is 3. The first-order valence-corrected chi connectivity index (χ1v) is 9.68. The van der Waals surface area contributed by atoms with Crippen molar-refractivity contribution in [2.75, 3.05) is 38.0 Å². The summed E-state index contributed by atoms with van der Waals surface area (Å²) in [6.07, 6.45) is -4.78. The van der Waals surface area contributed by atoms with Gasteiger partial charge < -0.3 is 20.7 Å². The van der Waals surface area contributed by atoms with Crippen LogP contribution < -0.4 is 15.8 Å². The largest absolute Gasteiger partial charge is 0.573 e. The van der Waals surface area contributed by atoms with Crippen LogP contribution in [0.1, 0.15) is 20.7 Å². The van der Waals surface area contributed by atoms with Gasteiger partial charge >= 0.3 is 6.36 Å². The molecule has 0 aromatic heterocycles. The maximum absolute atomic E-state index is 12.7. The average molecular weight is 450 g/mol. The van der Waals surface area contributed by atoms with Crippen molar-refractivity contribution in [1.82, 2.24) is 9.80 Å². The molecule has 1 saturated heterocycles. The highest BCUT2D eigenvalue weighted by molar-refractivity contribution is 5.99. The van der Waals surface area contributed by atoms with Crippen molar-refractivity contribution >= 4 is 23.4 Å². The lowest BCUT2D eigenvalue weighted by Gasteiger charge is -2.34. The SMILES string of the molecule is NC(=O)c1cccc(C(=O)N2CCN(CC(=O)Nc3ccc(OC(F)(F)F)cc3)CC2)c1. The number of rotatable bonds is 6. The summed E-state index contributed by atoms with van der Waals surface area (Å²) in [6.45, 7) is 1.80. The van der Waals surface area contributed by atoms with E-state index in [-0.39, 0.29) is 29.7 Å². The van der Waals surface area contributed by atoms with Crippen molar-refractivity contribution in [1.29, 1.82) is 0 Å². The molecular formula is C21H21F3N4O4. The molecule has 2 aromatic carbocycles. The second-order valence-electron chi connectivity index (χ2n) is 7.13. The smallest absolute Gasteiger partial charge is 0.406 e. The summed E-state index contributed by atoms with van der Waals surface area (Å²) in [5.41, 5.74) is 6.21. The molecule has 0 atom stereocenters. The Labute approximate surface area is 181 Å². The molecule has 1 aliphatic heterocycles. The number of alkyl halides is 3. The van der Waals surface area contributed by atoms with E-state index in [9.17, 15) is 27.6 Å². The molecule has 0 aliphatic carbocycles. The van der Waals surface area contributed by atoms with Crippen LogP contribution in [0.2, 0.25) is 0 Å². The molecule has 0 spiro atoms. The Kier molecular flexibility index (Phi) is 6.98. The van der Waals surface area contributed by atoms with Crippen molar-refractivity contribution in [3.05, 3.63) is 59.7 Å². The molecule has 1 fully saturated rings. The van der Waals surface area contributed by atoms with Crippen LogP contribution in [0.15, 0.2) is 48.5 Å². The molecular weight excluding hydrogens is 429 g/mol. The number of ether oxygens (including phenoxy) is 1. The minimum absolute atomic E-state index is 0.0694. The van der Waals surface area contributed by atoms with Gasteiger partial charge in [-0.3, -0.25) is 19.3 Å². The van der Waals surface area contributed by atoms with Crippen LogP contribution in [0, 0.1) is 0 Å². The van der Waals surface area contributed by atoms with E-state index in [0.717, 1.165) is 12.1 Å². The summed E-state index contributed by atoms with van der Waals surface area (Å²) in [5.74, 6) is -1.54. The van der Waals surface area contributed by atoms with Crippen LogP contribution in [0.25, 0.3) is 0 Å². The fraction of sp³-hybridized carbons (Fsp3) is 0.286. The van der Waals surface area contributed by atoms with E-state index >= 15 is 0 Å². The second kappa shape index (κ2) is 9.69. The Morgan fingerprint density at radius 2 is 1.59 bits per heavy atom. The Balaban J connectivity index is 1.47. The summed E-state index contributed by atoms with van der Waals surface area (Å²) in [5, 5.41) is 2.61. The molecule has 1 heterocycles. The number of piperazine rings is 1. The van der Waals surface area contributed by atoms with Crippen molar-refractivity contribution in [2.24, 2.45) is 5.73 Å². The molecule has 3 rings (SSSR count). The van der Waals surface area contributed by atoms with Crippen LogP contribution in [-0.2, 0) is 4.79 Å². The lowest BCUT2D eigenvalue weighted by atomic mass is 10.1. The van der Waals surface area contributed by atoms with Gasteiger partial charge in [-0.05, 0) is 42.5 Å². The molecule has 0 saturated carbocycles. The Morgan fingerprint density at radius 3 is 2.19 bits per heavy atom. The third-order valence-electron chi connectivity index (χ3n) is 4.79. The van der Waals surface area contributed by atoms with Crippen LogP contribution in [0.3, 0.4) is 0 Å². The lowest BCUT2D eigenvalue weighted by Crippen LogP contribution is -2.50. The molecule has 0 bridgehead atoms. The Bertz CT molecular complexity index is 987. The first-order valence-electron chi connectivity index (χ1n) is 9.68. The first kappa shape index (κ1) is 23.1. The van der Waals surface area contributed by atoms with Gasteiger partial charge in [-0.25, -0.2) is 0 Å². The number of anilines is 1. The molecule has 8 nitrogen and oxygen atoms in total. The second-order valence-corrected chi connectivity index (χ2v) is 7.13. The van der Waals surface area contributed by atoms with E-state index in [2.05, 4.69) is 10.1 Å². The number of nitrogens with zero attached hydrogens (tertiary/aromatic N) is 2. The monoisotopic (exact) mass is 450 g/mol. The van der Waals surface area contributed by atoms with Crippen LogP contribution in [0.4, 0.5) is 18.9 Å². The van der Waals surface area contributed by atoms with Crippen molar-refractivity contribution in [3.63, 3.8) is 0 Å². The summed E-state index contributed by atoms with van der Waals surface area (Å²) >= 11 is 0. The number of nitrogens with two attached hydrogens (primary N) is 1. The molecule has 11 heteroatoms. The molecule has 170 valence electrons. The third kappa shape index (κ3) is 6.45. The molecule has 32 heavy (non-hydrogen) atoms. The maximum Gasteiger partial charge on any atom is 0.573 e. The third-order valence-corrected chi connectivity index (χ3v) is 4.79. The number of hydrogen-bond donors (Lipinski definition) is 2. The molecule has 3 amide bonds. The predicted octanol–water partition coefficient (Wildman–Crippen LogP) is 2.08. The molecule has 0 unspecified atom stereocenters. The fourth-order valence-corrected chi connectivity index (χ4v) is 3.24. The zero-order chi connectivity index (χ0) is 23.3. The average Bonchev–Trinajstić information content (AvgIpc) is 2.74. The number of carbonyl (C=O) groups excluding carboxylic acids is 3. The minimum atomic E-state index is -4.78. The number of halogens is 3. The summed E-state index contributed by atoms with van der Waals surface area (Å²) in [7, 11) is 0. The normalized spacial score (nSPS) is 14.7. The lowest BCUT2D eigenvalue weighted by molar-refractivity contribution is -0.274. The summed E-state index contributed by atoms with van der Waals surface area (Å²) in [4.78, 5) is 39.7. The number of hydrogen-bond acceptors (Lipinski definition) is 5. The summed E-state index contributed by atoms with van der Waals surface area (Å²) < 4.78 is 40.4. The van der Waals surface area contributed by atoms with E-state index in [4.69, 9.17) is 5.73 Å². The van der Waals surface area contributed by atoms with Crippen LogP contribution in [-0.4, -0.2) is 66.6 Å². The molecule has 1 aliphatic rings. The summed E-state index contributed by atoms with van der Waals surface area (Å²) in [6, 6.07) is 11.0. The maximum atomic E-state index is 12.7. The van der Waals surface area contributed by atoms with Gasteiger partial charge in [0.25, 0.3) is 5.91 Å². The molecule has 3 N–H and O–H groups in total. The highest BCUT2D eigenvalue weighted by Gasteiger charge is 2.31. The zero-order valence-electron chi connectivity index (χ0n) is 16.9. The van der Waals surface area contributed by atoms with Gasteiger partial charge in [0.2, 0.25) is 11.8 Å². The number of benzene rings is 2. The predicted molar refractivity (Wildman–Crippen MR) is 109 cm³/mol. The van der Waals surface area contributed by atoms with Gasteiger partial charge in [0.05, 0.1) is 6.54 Å². The topological polar surface area (TPSA) is 105 Å². The van der Waals surface area contributed by atoms with Crippen LogP contribution >= 0.6 is 0 Å². The minimum Gasteiger partial charge on any atom is -0.406 e. The van der Waals surface area contributed by atoms with Crippen molar-refractivity contribution in [3.8, 4) is 5.75 Å². The Morgan fingerprint density at radius 1 is 0.969 bits per heavy atom. The number of primary amides is 1. The van der Waals surface area contributed by atoms with E-state index < -0.39 is 12.3 Å². The molecule has 0 radical (unpaired) electrons. The first-order chi connectivity index (χ1) is 15.1. The zero-order valence-corrected chi connectivity index (χ0v) is 16.9. The fourth-order valence-electron chi connectivity index (χ4n) is 3.24.